The summed E-state index contributed by atoms with van der Waals surface area (Å²) in [6, 6.07) is 1.12. The van der Waals surface area contributed by atoms with Gasteiger partial charge in [-0.25, -0.2) is 0 Å². The Kier molecular flexibility index (Phi) is 5.96. The molecule has 1 unspecified atom stereocenters. The third kappa shape index (κ3) is 4.66. The van der Waals surface area contributed by atoms with Gasteiger partial charge in [-0.1, -0.05) is 12.8 Å². The van der Waals surface area contributed by atoms with E-state index in [1.165, 1.54) is 25.7 Å². The lowest BCUT2D eigenvalue weighted by molar-refractivity contribution is -0.137. The molecule has 1 aliphatic rings. The van der Waals surface area contributed by atoms with Crippen molar-refractivity contribution in [2.75, 3.05) is 6.54 Å². The Bertz CT molecular complexity index is 234. The van der Waals surface area contributed by atoms with Crippen LogP contribution in [0.2, 0.25) is 0 Å². The van der Waals surface area contributed by atoms with Crippen LogP contribution in [0.3, 0.4) is 0 Å². The lowest BCUT2D eigenvalue weighted by Crippen LogP contribution is -2.43. The molecule has 100 valence electrons. The summed E-state index contributed by atoms with van der Waals surface area (Å²) in [6.45, 7) is 7.66. The molecule has 0 bridgehead atoms. The summed E-state index contributed by atoms with van der Waals surface area (Å²) in [5, 5.41) is 8.70. The van der Waals surface area contributed by atoms with Crippen molar-refractivity contribution < 1.29 is 9.90 Å². The van der Waals surface area contributed by atoms with Crippen LogP contribution in [0, 0.1) is 5.92 Å². The molecule has 0 aromatic rings. The maximum atomic E-state index is 10.6. The molecular weight excluding hydrogens is 214 g/mol. The molecule has 0 aromatic heterocycles. The van der Waals surface area contributed by atoms with Gasteiger partial charge >= 0.3 is 5.97 Å². The van der Waals surface area contributed by atoms with Crippen LogP contribution in [0.5, 0.6) is 0 Å². The van der Waals surface area contributed by atoms with Crippen molar-refractivity contribution in [3.8, 4) is 0 Å². The molecule has 0 aliphatic heterocycles. The first-order valence-corrected chi connectivity index (χ1v) is 7.00. The molecule has 1 saturated carbocycles. The maximum Gasteiger partial charge on any atom is 0.303 e. The minimum Gasteiger partial charge on any atom is -0.481 e. The van der Waals surface area contributed by atoms with Gasteiger partial charge in [-0.05, 0) is 52.5 Å². The Balaban J connectivity index is 2.43. The zero-order chi connectivity index (χ0) is 12.8. The van der Waals surface area contributed by atoms with E-state index in [0.29, 0.717) is 18.5 Å². The molecule has 3 heteroatoms. The predicted octanol–water partition coefficient (Wildman–Crippen LogP) is 3.14. The van der Waals surface area contributed by atoms with E-state index in [9.17, 15) is 4.79 Å². The molecule has 1 atom stereocenters. The van der Waals surface area contributed by atoms with Crippen molar-refractivity contribution in [3.63, 3.8) is 0 Å². The lowest BCUT2D eigenvalue weighted by atomic mass is 9.97. The molecule has 0 aromatic carbocycles. The fourth-order valence-corrected chi connectivity index (χ4v) is 3.06. The summed E-state index contributed by atoms with van der Waals surface area (Å²) in [4.78, 5) is 13.0. The van der Waals surface area contributed by atoms with E-state index in [2.05, 4.69) is 25.7 Å². The molecule has 0 radical (unpaired) electrons. The van der Waals surface area contributed by atoms with Crippen molar-refractivity contribution in [1.82, 2.24) is 4.90 Å². The maximum absolute atomic E-state index is 10.6. The van der Waals surface area contributed by atoms with E-state index < -0.39 is 5.97 Å². The summed E-state index contributed by atoms with van der Waals surface area (Å²) in [5.74, 6) is 0.143. The van der Waals surface area contributed by atoms with Crippen molar-refractivity contribution in [1.29, 1.82) is 0 Å². The Hall–Kier alpha value is -0.570. The highest BCUT2D eigenvalue weighted by molar-refractivity contribution is 5.66. The third-order valence-corrected chi connectivity index (χ3v) is 4.08. The standard InChI is InChI=1S/C14H27NO2/c1-11(2)15(10-6-9-14(16)17)12(3)13-7-4-5-8-13/h11-13H,4-10H2,1-3H3,(H,16,17). The SMILES string of the molecule is CC(C)N(CCCC(=O)O)C(C)C1CCCC1. The van der Waals surface area contributed by atoms with Crippen LogP contribution in [-0.2, 0) is 4.79 Å². The second kappa shape index (κ2) is 7.00. The monoisotopic (exact) mass is 241 g/mol. The van der Waals surface area contributed by atoms with Crippen LogP contribution in [-0.4, -0.2) is 34.6 Å². The van der Waals surface area contributed by atoms with Crippen molar-refractivity contribution in [2.45, 2.75) is 71.4 Å². The highest BCUT2D eigenvalue weighted by atomic mass is 16.4. The van der Waals surface area contributed by atoms with Crippen molar-refractivity contribution in [3.05, 3.63) is 0 Å². The van der Waals surface area contributed by atoms with Crippen LogP contribution < -0.4 is 0 Å². The summed E-state index contributed by atoms with van der Waals surface area (Å²) >= 11 is 0. The van der Waals surface area contributed by atoms with Gasteiger partial charge in [0.1, 0.15) is 0 Å². The zero-order valence-electron chi connectivity index (χ0n) is 11.5. The Morgan fingerprint density at radius 1 is 1.29 bits per heavy atom. The smallest absolute Gasteiger partial charge is 0.303 e. The molecular formula is C14H27NO2. The quantitative estimate of drug-likeness (QED) is 0.744. The molecule has 1 rings (SSSR count). The van der Waals surface area contributed by atoms with Gasteiger partial charge in [-0.3, -0.25) is 9.69 Å². The van der Waals surface area contributed by atoms with Gasteiger partial charge in [-0.2, -0.15) is 0 Å². The van der Waals surface area contributed by atoms with Crippen molar-refractivity contribution in [2.24, 2.45) is 5.92 Å². The zero-order valence-corrected chi connectivity index (χ0v) is 11.5. The number of carbonyl (C=O) groups is 1. The minimum absolute atomic E-state index is 0.292. The largest absolute Gasteiger partial charge is 0.481 e. The van der Waals surface area contributed by atoms with E-state index in [0.717, 1.165) is 18.9 Å². The summed E-state index contributed by atoms with van der Waals surface area (Å²) < 4.78 is 0. The van der Waals surface area contributed by atoms with Crippen LogP contribution >= 0.6 is 0 Å². The predicted molar refractivity (Wildman–Crippen MR) is 70.1 cm³/mol. The fraction of sp³-hybridized carbons (Fsp3) is 0.929. The first kappa shape index (κ1) is 14.5. The molecule has 0 spiro atoms. The molecule has 1 N–H and O–H groups in total. The Labute approximate surface area is 105 Å². The third-order valence-electron chi connectivity index (χ3n) is 4.08. The molecule has 3 nitrogen and oxygen atoms in total. The van der Waals surface area contributed by atoms with E-state index in [-0.39, 0.29) is 0 Å². The van der Waals surface area contributed by atoms with Gasteiger partial charge in [0.15, 0.2) is 0 Å². The molecule has 0 saturated heterocycles. The second-order valence-corrected chi connectivity index (χ2v) is 5.61. The first-order valence-electron chi connectivity index (χ1n) is 7.00. The fourth-order valence-electron chi connectivity index (χ4n) is 3.06. The molecule has 17 heavy (non-hydrogen) atoms. The molecule has 1 fully saturated rings. The van der Waals surface area contributed by atoms with Crippen LogP contribution in [0.4, 0.5) is 0 Å². The summed E-state index contributed by atoms with van der Waals surface area (Å²) in [5.41, 5.74) is 0. The van der Waals surface area contributed by atoms with E-state index in [4.69, 9.17) is 5.11 Å². The van der Waals surface area contributed by atoms with Gasteiger partial charge in [-0.15, -0.1) is 0 Å². The first-order chi connectivity index (χ1) is 8.02. The van der Waals surface area contributed by atoms with E-state index in [1.54, 1.807) is 0 Å². The molecule has 0 amide bonds. The normalized spacial score (nSPS) is 19.1. The molecule has 0 heterocycles. The number of nitrogens with zero attached hydrogens (tertiary/aromatic N) is 1. The minimum atomic E-state index is -0.678. The van der Waals surface area contributed by atoms with Gasteiger partial charge in [0, 0.05) is 18.5 Å². The van der Waals surface area contributed by atoms with Gasteiger partial charge in [0.05, 0.1) is 0 Å². The molecule has 1 aliphatic carbocycles. The summed E-state index contributed by atoms with van der Waals surface area (Å²) in [6.07, 6.45) is 6.50. The van der Waals surface area contributed by atoms with Crippen molar-refractivity contribution >= 4 is 5.97 Å². The van der Waals surface area contributed by atoms with Crippen LogP contribution in [0.25, 0.3) is 0 Å². The van der Waals surface area contributed by atoms with Gasteiger partial charge in [0.2, 0.25) is 0 Å². The average molecular weight is 241 g/mol. The topological polar surface area (TPSA) is 40.5 Å². The lowest BCUT2D eigenvalue weighted by Gasteiger charge is -2.36. The van der Waals surface area contributed by atoms with Gasteiger partial charge in [0.25, 0.3) is 0 Å². The van der Waals surface area contributed by atoms with Gasteiger partial charge < -0.3 is 5.11 Å². The number of carboxylic acids is 1. The average Bonchev–Trinajstić information content (AvgIpc) is 2.75. The number of aliphatic carboxylic acids is 1. The Morgan fingerprint density at radius 3 is 2.35 bits per heavy atom. The number of rotatable bonds is 7. The second-order valence-electron chi connectivity index (χ2n) is 5.61. The number of carboxylic acid groups (broad SMARTS) is 1. The van der Waals surface area contributed by atoms with E-state index >= 15 is 0 Å². The Morgan fingerprint density at radius 2 is 1.88 bits per heavy atom. The number of hydrogen-bond acceptors (Lipinski definition) is 2. The number of hydrogen-bond donors (Lipinski definition) is 1. The highest BCUT2D eigenvalue weighted by Gasteiger charge is 2.27. The summed E-state index contributed by atoms with van der Waals surface area (Å²) in [7, 11) is 0. The highest BCUT2D eigenvalue weighted by Crippen LogP contribution is 2.31. The van der Waals surface area contributed by atoms with Crippen LogP contribution in [0.1, 0.15) is 59.3 Å². The van der Waals surface area contributed by atoms with Crippen LogP contribution in [0.15, 0.2) is 0 Å². The van der Waals surface area contributed by atoms with E-state index in [1.807, 2.05) is 0 Å².